The van der Waals surface area contributed by atoms with Gasteiger partial charge in [-0.05, 0) is 61.6 Å². The third-order valence-electron chi connectivity index (χ3n) is 8.93. The number of anilines is 1. The summed E-state index contributed by atoms with van der Waals surface area (Å²) in [4.78, 5) is 27.8. The first kappa shape index (κ1) is 39.3. The molecule has 13 heteroatoms. The number of hydrogen-bond donors (Lipinski definition) is 2. The fourth-order valence-corrected chi connectivity index (χ4v) is 7.25. The first-order valence-corrected chi connectivity index (χ1v) is 19.5. The molecule has 2 amide bonds. The largest absolute Gasteiger partial charge is 0.476 e. The standard InChI is InChI=1S/C40H49N6O6P/c1-6-8-26-50-53(49,51-27-9-7-2)52-28-46-30(4)36(29(3)44-46)33-20-22-34(23-21-33)42-40(48)38(43-39(47)35-24-25-41-45(35)5)37(31-16-12-10-13-17-31)32-18-14-11-15-19-32/h10-25,37-38H,6-9,26-28H2,1-5H3,(H,42,48)(H,43,47). The number of nitrogens with zero attached hydrogens (tertiary/aromatic N) is 4. The predicted octanol–water partition coefficient (Wildman–Crippen LogP) is 8.19. The van der Waals surface area contributed by atoms with Gasteiger partial charge in [-0.2, -0.15) is 10.2 Å². The highest BCUT2D eigenvalue weighted by molar-refractivity contribution is 7.48. The van der Waals surface area contributed by atoms with E-state index in [-0.39, 0.29) is 25.9 Å². The normalized spacial score (nSPS) is 12.2. The number of carbonyl (C=O) groups excluding carboxylic acids is 2. The first-order chi connectivity index (χ1) is 25.6. The molecule has 3 aromatic carbocycles. The number of nitrogens with one attached hydrogen (secondary N) is 2. The van der Waals surface area contributed by atoms with E-state index in [1.54, 1.807) is 24.0 Å². The number of benzene rings is 3. The molecule has 1 atom stereocenters. The monoisotopic (exact) mass is 740 g/mol. The van der Waals surface area contributed by atoms with Crippen LogP contribution in [0.3, 0.4) is 0 Å². The zero-order valence-electron chi connectivity index (χ0n) is 31.0. The highest BCUT2D eigenvalue weighted by atomic mass is 31.2. The third kappa shape index (κ3) is 10.2. The molecule has 0 saturated heterocycles. The number of aryl methyl sites for hydroxylation is 2. The number of phosphoric ester groups is 1. The molecule has 5 aromatic rings. The van der Waals surface area contributed by atoms with Crippen molar-refractivity contribution in [2.24, 2.45) is 7.05 Å². The van der Waals surface area contributed by atoms with Crippen LogP contribution in [0.15, 0.2) is 97.2 Å². The van der Waals surface area contributed by atoms with Crippen molar-refractivity contribution in [1.82, 2.24) is 24.9 Å². The number of amides is 2. The molecule has 0 aliphatic rings. The lowest BCUT2D eigenvalue weighted by molar-refractivity contribution is -0.118. The molecule has 53 heavy (non-hydrogen) atoms. The van der Waals surface area contributed by atoms with Crippen molar-refractivity contribution in [3.05, 3.63) is 125 Å². The van der Waals surface area contributed by atoms with Gasteiger partial charge in [-0.15, -0.1) is 0 Å². The Balaban J connectivity index is 1.37. The fourth-order valence-electron chi connectivity index (χ4n) is 6.07. The van der Waals surface area contributed by atoms with E-state index in [2.05, 4.69) is 20.8 Å². The summed E-state index contributed by atoms with van der Waals surface area (Å²) in [6.45, 7) is 8.32. The SMILES string of the molecule is CCCCOP(=O)(OCCCC)OCn1nc(C)c(-c2ccc(NC(=O)C(NC(=O)c3ccnn3C)C(c3ccccc3)c3ccccc3)cc2)c1C. The van der Waals surface area contributed by atoms with E-state index in [0.29, 0.717) is 11.4 Å². The molecule has 2 aromatic heterocycles. The van der Waals surface area contributed by atoms with E-state index in [1.165, 1.54) is 4.68 Å². The summed E-state index contributed by atoms with van der Waals surface area (Å²) in [5.41, 5.74) is 5.96. The van der Waals surface area contributed by atoms with Crippen molar-refractivity contribution in [3.8, 4) is 11.1 Å². The smallest absolute Gasteiger partial charge is 0.338 e. The lowest BCUT2D eigenvalue weighted by Crippen LogP contribution is -2.48. The van der Waals surface area contributed by atoms with E-state index in [9.17, 15) is 14.2 Å². The van der Waals surface area contributed by atoms with Gasteiger partial charge < -0.3 is 10.6 Å². The Kier molecular flexibility index (Phi) is 13.9. The Bertz CT molecular complexity index is 1930. The minimum absolute atomic E-state index is 0.105. The van der Waals surface area contributed by atoms with Gasteiger partial charge in [0.1, 0.15) is 11.7 Å². The fraction of sp³-hybridized carbons (Fsp3) is 0.350. The molecule has 2 N–H and O–H groups in total. The second kappa shape index (κ2) is 18.8. The summed E-state index contributed by atoms with van der Waals surface area (Å²) < 4.78 is 33.4. The van der Waals surface area contributed by atoms with Gasteiger partial charge in [0.15, 0.2) is 6.73 Å². The van der Waals surface area contributed by atoms with Crippen molar-refractivity contribution < 1.29 is 27.7 Å². The Morgan fingerprint density at radius 3 is 1.92 bits per heavy atom. The average Bonchev–Trinajstić information content (AvgIpc) is 3.72. The molecule has 0 saturated carbocycles. The van der Waals surface area contributed by atoms with Crippen molar-refractivity contribution >= 4 is 25.3 Å². The number of hydrogen-bond acceptors (Lipinski definition) is 8. The molecule has 0 fully saturated rings. The summed E-state index contributed by atoms with van der Waals surface area (Å²) in [5.74, 6) is -1.28. The van der Waals surface area contributed by atoms with E-state index < -0.39 is 25.7 Å². The number of carbonyl (C=O) groups is 2. The van der Waals surface area contributed by atoms with Gasteiger partial charge >= 0.3 is 7.82 Å². The van der Waals surface area contributed by atoms with Gasteiger partial charge in [-0.3, -0.25) is 27.8 Å². The third-order valence-corrected chi connectivity index (χ3v) is 10.4. The second-order valence-electron chi connectivity index (χ2n) is 12.8. The number of unbranched alkanes of at least 4 members (excludes halogenated alkanes) is 2. The molecule has 5 rings (SSSR count). The van der Waals surface area contributed by atoms with Gasteiger partial charge in [0.25, 0.3) is 5.91 Å². The summed E-state index contributed by atoms with van der Waals surface area (Å²) >= 11 is 0. The van der Waals surface area contributed by atoms with Gasteiger partial charge in [0, 0.05) is 36.1 Å². The second-order valence-corrected chi connectivity index (χ2v) is 14.5. The lowest BCUT2D eigenvalue weighted by Gasteiger charge is -2.28. The molecule has 1 unspecified atom stereocenters. The van der Waals surface area contributed by atoms with Crippen LogP contribution in [-0.2, 0) is 36.7 Å². The van der Waals surface area contributed by atoms with Gasteiger partial charge in [0.2, 0.25) is 5.91 Å². The van der Waals surface area contributed by atoms with E-state index >= 15 is 0 Å². The van der Waals surface area contributed by atoms with E-state index in [4.69, 9.17) is 13.6 Å². The molecule has 2 heterocycles. The molecule has 0 aliphatic heterocycles. The Labute approximate surface area is 311 Å². The molecule has 0 spiro atoms. The zero-order chi connectivity index (χ0) is 37.8. The maximum atomic E-state index is 14.3. The Morgan fingerprint density at radius 1 is 0.811 bits per heavy atom. The van der Waals surface area contributed by atoms with Crippen LogP contribution in [0.1, 0.15) is 78.5 Å². The highest BCUT2D eigenvalue weighted by Gasteiger charge is 2.33. The summed E-state index contributed by atoms with van der Waals surface area (Å²) in [6.07, 6.45) is 4.81. The van der Waals surface area contributed by atoms with Crippen molar-refractivity contribution in [1.29, 1.82) is 0 Å². The number of rotatable bonds is 19. The lowest BCUT2D eigenvalue weighted by atomic mass is 9.84. The van der Waals surface area contributed by atoms with E-state index in [0.717, 1.165) is 59.3 Å². The van der Waals surface area contributed by atoms with Gasteiger partial charge in [-0.25, -0.2) is 9.25 Å². The highest BCUT2D eigenvalue weighted by Crippen LogP contribution is 2.50. The van der Waals surface area contributed by atoms with Crippen LogP contribution in [-0.4, -0.2) is 50.6 Å². The van der Waals surface area contributed by atoms with Crippen molar-refractivity contribution in [2.75, 3.05) is 18.5 Å². The minimum Gasteiger partial charge on any atom is -0.338 e. The van der Waals surface area contributed by atoms with Crippen LogP contribution in [0.25, 0.3) is 11.1 Å². The quantitative estimate of drug-likeness (QED) is 0.0639. The zero-order valence-corrected chi connectivity index (χ0v) is 31.9. The number of phosphoric acid groups is 1. The molecule has 0 radical (unpaired) electrons. The van der Waals surface area contributed by atoms with E-state index in [1.807, 2.05) is 113 Å². The molecule has 0 bridgehead atoms. The van der Waals surface area contributed by atoms with Gasteiger partial charge in [-0.1, -0.05) is 99.5 Å². The predicted molar refractivity (Wildman–Crippen MR) is 205 cm³/mol. The summed E-state index contributed by atoms with van der Waals surface area (Å²) in [7, 11) is -2.09. The summed E-state index contributed by atoms with van der Waals surface area (Å²) in [5, 5.41) is 14.8. The maximum absolute atomic E-state index is 14.3. The molecule has 0 aliphatic carbocycles. The van der Waals surface area contributed by atoms with Crippen LogP contribution in [0.4, 0.5) is 5.69 Å². The Hall–Kier alpha value is -4.87. The van der Waals surface area contributed by atoms with Crippen molar-refractivity contribution in [3.63, 3.8) is 0 Å². The maximum Gasteiger partial charge on any atom is 0.476 e. The summed E-state index contributed by atoms with van der Waals surface area (Å²) in [6, 6.07) is 27.4. The molecule has 12 nitrogen and oxygen atoms in total. The molecular formula is C40H49N6O6P. The van der Waals surface area contributed by atoms with Crippen LogP contribution in [0, 0.1) is 13.8 Å². The minimum atomic E-state index is -3.77. The molecule has 280 valence electrons. The molecular weight excluding hydrogens is 691 g/mol. The van der Waals surface area contributed by atoms with Gasteiger partial charge in [0.05, 0.1) is 18.9 Å². The van der Waals surface area contributed by atoms with Crippen LogP contribution in [0.5, 0.6) is 0 Å². The van der Waals surface area contributed by atoms with Crippen LogP contribution < -0.4 is 10.6 Å². The van der Waals surface area contributed by atoms with Crippen LogP contribution >= 0.6 is 7.82 Å². The van der Waals surface area contributed by atoms with Crippen molar-refractivity contribution in [2.45, 2.75) is 72.1 Å². The Morgan fingerprint density at radius 2 is 1.40 bits per heavy atom. The van der Waals surface area contributed by atoms with Crippen LogP contribution in [0.2, 0.25) is 0 Å². The number of aromatic nitrogens is 4. The first-order valence-electron chi connectivity index (χ1n) is 18.0. The topological polar surface area (TPSA) is 139 Å². The average molecular weight is 741 g/mol.